The molecule has 4 heteroatoms. The lowest BCUT2D eigenvalue weighted by Gasteiger charge is -2.38. The maximum absolute atomic E-state index is 11.9. The van der Waals surface area contributed by atoms with Crippen molar-refractivity contribution in [1.29, 1.82) is 0 Å². The summed E-state index contributed by atoms with van der Waals surface area (Å²) < 4.78 is 5.38. The summed E-state index contributed by atoms with van der Waals surface area (Å²) in [5, 5.41) is 6.91. The van der Waals surface area contributed by atoms with E-state index in [1.54, 1.807) is 0 Å². The fraction of sp³-hybridized carbons (Fsp3) is 0.947. The summed E-state index contributed by atoms with van der Waals surface area (Å²) in [6.45, 7) is 10.5. The van der Waals surface area contributed by atoms with Crippen LogP contribution in [-0.2, 0) is 4.74 Å². The van der Waals surface area contributed by atoms with Gasteiger partial charge in [-0.2, -0.15) is 0 Å². The van der Waals surface area contributed by atoms with Gasteiger partial charge in [-0.3, -0.25) is 0 Å². The summed E-state index contributed by atoms with van der Waals surface area (Å²) in [5.74, 6) is 0. The number of hydrogen-bond donors (Lipinski definition) is 2. The Labute approximate surface area is 142 Å². The zero-order valence-corrected chi connectivity index (χ0v) is 15.7. The van der Waals surface area contributed by atoms with Crippen LogP contribution in [0.3, 0.4) is 0 Å². The molecule has 0 aromatic heterocycles. The number of carbonyl (C=O) groups excluding carboxylic acids is 1. The van der Waals surface area contributed by atoms with Crippen molar-refractivity contribution in [3.8, 4) is 0 Å². The van der Waals surface area contributed by atoms with Gasteiger partial charge in [0, 0.05) is 18.1 Å². The summed E-state index contributed by atoms with van der Waals surface area (Å²) in [7, 11) is 0. The highest BCUT2D eigenvalue weighted by Gasteiger charge is 2.30. The number of nitrogens with one attached hydrogen (secondary N) is 2. The smallest absolute Gasteiger partial charge is 0.407 e. The molecule has 2 aliphatic carbocycles. The number of hydrogen-bond acceptors (Lipinski definition) is 3. The van der Waals surface area contributed by atoms with Gasteiger partial charge in [-0.25, -0.2) is 4.79 Å². The molecular formula is C19H36N2O2. The predicted molar refractivity (Wildman–Crippen MR) is 94.6 cm³/mol. The maximum Gasteiger partial charge on any atom is 0.407 e. The SMILES string of the molecule is CC1(C)CCC(NC2CCCC(NC(=O)OC(C)(C)C)C2)CC1. The second-order valence-electron chi connectivity index (χ2n) is 9.31. The van der Waals surface area contributed by atoms with Crippen molar-refractivity contribution < 1.29 is 9.53 Å². The highest BCUT2D eigenvalue weighted by molar-refractivity contribution is 5.68. The monoisotopic (exact) mass is 324 g/mol. The third-order valence-electron chi connectivity index (χ3n) is 5.21. The largest absolute Gasteiger partial charge is 0.444 e. The quantitative estimate of drug-likeness (QED) is 0.810. The second-order valence-corrected chi connectivity index (χ2v) is 9.31. The van der Waals surface area contributed by atoms with Gasteiger partial charge < -0.3 is 15.4 Å². The van der Waals surface area contributed by atoms with E-state index in [9.17, 15) is 4.79 Å². The zero-order valence-electron chi connectivity index (χ0n) is 15.7. The molecule has 4 nitrogen and oxygen atoms in total. The van der Waals surface area contributed by atoms with Crippen LogP contribution in [0, 0.1) is 5.41 Å². The van der Waals surface area contributed by atoms with Crippen LogP contribution < -0.4 is 10.6 Å². The Morgan fingerprint density at radius 1 is 1.00 bits per heavy atom. The lowest BCUT2D eigenvalue weighted by Crippen LogP contribution is -2.48. The second kappa shape index (κ2) is 7.42. The van der Waals surface area contributed by atoms with Crippen LogP contribution in [-0.4, -0.2) is 29.8 Å². The van der Waals surface area contributed by atoms with Gasteiger partial charge in [-0.1, -0.05) is 13.8 Å². The van der Waals surface area contributed by atoms with Crippen LogP contribution in [0.1, 0.15) is 86.0 Å². The highest BCUT2D eigenvalue weighted by atomic mass is 16.6. The summed E-state index contributed by atoms with van der Waals surface area (Å²) in [5.41, 5.74) is 0.0941. The molecule has 2 atom stereocenters. The first-order valence-corrected chi connectivity index (χ1v) is 9.38. The Kier molecular flexibility index (Phi) is 5.99. The fourth-order valence-corrected chi connectivity index (χ4v) is 3.85. The Morgan fingerprint density at radius 3 is 2.22 bits per heavy atom. The number of alkyl carbamates (subject to hydrolysis) is 1. The summed E-state index contributed by atoms with van der Waals surface area (Å²) in [4.78, 5) is 11.9. The van der Waals surface area contributed by atoms with Gasteiger partial charge in [0.05, 0.1) is 0 Å². The van der Waals surface area contributed by atoms with Gasteiger partial charge in [0.2, 0.25) is 0 Å². The van der Waals surface area contributed by atoms with Crippen molar-refractivity contribution in [2.75, 3.05) is 0 Å². The number of ether oxygens (including phenoxy) is 1. The van der Waals surface area contributed by atoms with Crippen LogP contribution in [0.2, 0.25) is 0 Å². The van der Waals surface area contributed by atoms with Crippen LogP contribution in [0.15, 0.2) is 0 Å². The third-order valence-corrected chi connectivity index (χ3v) is 5.21. The lowest BCUT2D eigenvalue weighted by atomic mass is 9.75. The number of amides is 1. The van der Waals surface area contributed by atoms with Crippen molar-refractivity contribution in [1.82, 2.24) is 10.6 Å². The molecule has 0 heterocycles. The normalized spacial score (nSPS) is 29.1. The summed E-state index contributed by atoms with van der Waals surface area (Å²) in [6, 6.07) is 1.44. The molecule has 0 aromatic carbocycles. The van der Waals surface area contributed by atoms with E-state index in [0.717, 1.165) is 12.8 Å². The van der Waals surface area contributed by atoms with E-state index in [0.29, 0.717) is 17.5 Å². The Bertz CT molecular complexity index is 391. The Balaban J connectivity index is 1.74. The topological polar surface area (TPSA) is 50.4 Å². The summed E-state index contributed by atoms with van der Waals surface area (Å²) in [6.07, 6.45) is 9.43. The molecule has 2 aliphatic rings. The molecule has 2 N–H and O–H groups in total. The first-order valence-electron chi connectivity index (χ1n) is 9.38. The molecule has 23 heavy (non-hydrogen) atoms. The molecule has 0 radical (unpaired) electrons. The van der Waals surface area contributed by atoms with Crippen LogP contribution in [0.4, 0.5) is 4.79 Å². The standard InChI is InChI=1S/C19H36N2O2/c1-18(2,3)23-17(22)21-16-8-6-7-15(13-16)20-14-9-11-19(4,5)12-10-14/h14-16,20H,6-13H2,1-5H3,(H,21,22). The van der Waals surface area contributed by atoms with Gasteiger partial charge in [-0.15, -0.1) is 0 Å². The molecule has 0 spiro atoms. The highest BCUT2D eigenvalue weighted by Crippen LogP contribution is 2.35. The minimum absolute atomic E-state index is 0.246. The zero-order chi connectivity index (χ0) is 17.1. The van der Waals surface area contributed by atoms with Gasteiger partial charge in [-0.05, 0) is 77.6 Å². The first kappa shape index (κ1) is 18.6. The van der Waals surface area contributed by atoms with Crippen molar-refractivity contribution >= 4 is 6.09 Å². The van der Waals surface area contributed by atoms with E-state index in [4.69, 9.17) is 4.74 Å². The molecular weight excluding hydrogens is 288 g/mol. The minimum Gasteiger partial charge on any atom is -0.444 e. The van der Waals surface area contributed by atoms with Crippen molar-refractivity contribution in [2.24, 2.45) is 5.41 Å². The fourth-order valence-electron chi connectivity index (χ4n) is 3.85. The lowest BCUT2D eigenvalue weighted by molar-refractivity contribution is 0.0486. The average molecular weight is 325 g/mol. The molecule has 0 aromatic rings. The van der Waals surface area contributed by atoms with Gasteiger partial charge >= 0.3 is 6.09 Å². The van der Waals surface area contributed by atoms with Crippen LogP contribution >= 0.6 is 0 Å². The summed E-state index contributed by atoms with van der Waals surface area (Å²) >= 11 is 0. The van der Waals surface area contributed by atoms with Crippen molar-refractivity contribution in [3.05, 3.63) is 0 Å². The van der Waals surface area contributed by atoms with Crippen molar-refractivity contribution in [3.63, 3.8) is 0 Å². The molecule has 0 saturated heterocycles. The molecule has 2 unspecified atom stereocenters. The van der Waals surface area contributed by atoms with Gasteiger partial charge in [0.15, 0.2) is 0 Å². The predicted octanol–water partition coefficient (Wildman–Crippen LogP) is 4.38. The van der Waals surface area contributed by atoms with E-state index < -0.39 is 5.60 Å². The van der Waals surface area contributed by atoms with Crippen LogP contribution in [0.25, 0.3) is 0 Å². The van der Waals surface area contributed by atoms with Crippen LogP contribution in [0.5, 0.6) is 0 Å². The van der Waals surface area contributed by atoms with E-state index >= 15 is 0 Å². The number of rotatable bonds is 3. The molecule has 1 amide bonds. The minimum atomic E-state index is -0.425. The van der Waals surface area contributed by atoms with E-state index in [1.165, 1.54) is 38.5 Å². The molecule has 0 aliphatic heterocycles. The first-order chi connectivity index (χ1) is 10.6. The molecule has 2 saturated carbocycles. The average Bonchev–Trinajstić information content (AvgIpc) is 2.39. The van der Waals surface area contributed by atoms with E-state index in [2.05, 4.69) is 24.5 Å². The third kappa shape index (κ3) is 6.70. The van der Waals surface area contributed by atoms with E-state index in [1.807, 2.05) is 20.8 Å². The maximum atomic E-state index is 11.9. The Hall–Kier alpha value is -0.770. The number of carbonyl (C=O) groups is 1. The molecule has 0 bridgehead atoms. The van der Waals surface area contributed by atoms with E-state index in [-0.39, 0.29) is 12.1 Å². The Morgan fingerprint density at radius 2 is 1.61 bits per heavy atom. The molecule has 134 valence electrons. The molecule has 2 fully saturated rings. The van der Waals surface area contributed by atoms with Gasteiger partial charge in [0.25, 0.3) is 0 Å². The molecule has 2 rings (SSSR count). The van der Waals surface area contributed by atoms with Crippen molar-refractivity contribution in [2.45, 2.75) is 110 Å². The van der Waals surface area contributed by atoms with Gasteiger partial charge in [0.1, 0.15) is 5.60 Å².